The quantitative estimate of drug-likeness (QED) is 0.806. The molecular formula is C20H29N3O3. The fourth-order valence-electron chi connectivity index (χ4n) is 3.78. The summed E-state index contributed by atoms with van der Waals surface area (Å²) in [5.41, 5.74) is 1.62. The van der Waals surface area contributed by atoms with Gasteiger partial charge < -0.3 is 20.3 Å². The Hall–Kier alpha value is -1.92. The number of para-hydroxylation sites is 1. The van der Waals surface area contributed by atoms with Crippen molar-refractivity contribution in [1.29, 1.82) is 0 Å². The molecule has 0 unspecified atom stereocenters. The number of piperidine rings is 1. The molecular weight excluding hydrogens is 330 g/mol. The van der Waals surface area contributed by atoms with E-state index in [0.717, 1.165) is 57.6 Å². The van der Waals surface area contributed by atoms with Gasteiger partial charge in [-0.3, -0.25) is 9.59 Å². The third-order valence-corrected chi connectivity index (χ3v) is 5.51. The first-order chi connectivity index (χ1) is 12.6. The van der Waals surface area contributed by atoms with Gasteiger partial charge in [-0.25, -0.2) is 0 Å². The normalized spacial score (nSPS) is 19.9. The molecule has 2 aliphatic rings. The van der Waals surface area contributed by atoms with Gasteiger partial charge in [0.15, 0.2) is 0 Å². The summed E-state index contributed by atoms with van der Waals surface area (Å²) >= 11 is 0. The Bertz CT molecular complexity index is 620. The second-order valence-corrected chi connectivity index (χ2v) is 7.30. The molecule has 0 saturated carbocycles. The SMILES string of the molecule is Cc1ccccc1NC(=O)C(=O)NCC1CCN(C2CCOCC2)CC1. The molecule has 2 heterocycles. The van der Waals surface area contributed by atoms with Crippen LogP contribution in [0.3, 0.4) is 0 Å². The van der Waals surface area contributed by atoms with E-state index in [1.807, 2.05) is 25.1 Å². The van der Waals surface area contributed by atoms with Crippen molar-refractivity contribution < 1.29 is 14.3 Å². The third kappa shape index (κ3) is 5.05. The van der Waals surface area contributed by atoms with E-state index in [4.69, 9.17) is 4.74 Å². The minimum atomic E-state index is -0.598. The lowest BCUT2D eigenvalue weighted by Crippen LogP contribution is -2.46. The monoisotopic (exact) mass is 359 g/mol. The Labute approximate surface area is 155 Å². The fourth-order valence-corrected chi connectivity index (χ4v) is 3.78. The van der Waals surface area contributed by atoms with Crippen molar-refractivity contribution >= 4 is 17.5 Å². The predicted octanol–water partition coefficient (Wildman–Crippen LogP) is 1.94. The number of benzene rings is 1. The van der Waals surface area contributed by atoms with Crippen LogP contribution in [0.25, 0.3) is 0 Å². The molecule has 6 nitrogen and oxygen atoms in total. The number of ether oxygens (including phenoxy) is 1. The van der Waals surface area contributed by atoms with Gasteiger partial charge in [-0.15, -0.1) is 0 Å². The van der Waals surface area contributed by atoms with Crippen LogP contribution in [0, 0.1) is 12.8 Å². The van der Waals surface area contributed by atoms with Crippen molar-refractivity contribution in [3.05, 3.63) is 29.8 Å². The first-order valence-electron chi connectivity index (χ1n) is 9.60. The number of anilines is 1. The Kier molecular flexibility index (Phi) is 6.63. The first kappa shape index (κ1) is 18.9. The highest BCUT2D eigenvalue weighted by atomic mass is 16.5. The number of hydrogen-bond acceptors (Lipinski definition) is 4. The van der Waals surface area contributed by atoms with Crippen molar-refractivity contribution in [2.24, 2.45) is 5.92 Å². The lowest BCUT2D eigenvalue weighted by molar-refractivity contribution is -0.136. The number of nitrogens with zero attached hydrogens (tertiary/aromatic N) is 1. The van der Waals surface area contributed by atoms with Gasteiger partial charge in [-0.1, -0.05) is 18.2 Å². The molecule has 6 heteroatoms. The minimum Gasteiger partial charge on any atom is -0.381 e. The third-order valence-electron chi connectivity index (χ3n) is 5.51. The summed E-state index contributed by atoms with van der Waals surface area (Å²) in [5, 5.41) is 5.47. The summed E-state index contributed by atoms with van der Waals surface area (Å²) in [5.74, 6) is -0.708. The number of hydrogen-bond donors (Lipinski definition) is 2. The number of nitrogens with one attached hydrogen (secondary N) is 2. The van der Waals surface area contributed by atoms with Crippen molar-refractivity contribution in [1.82, 2.24) is 10.2 Å². The maximum absolute atomic E-state index is 12.1. The van der Waals surface area contributed by atoms with Gasteiger partial charge in [0.2, 0.25) is 0 Å². The van der Waals surface area contributed by atoms with Crippen molar-refractivity contribution in [2.75, 3.05) is 38.2 Å². The highest BCUT2D eigenvalue weighted by molar-refractivity contribution is 6.39. The molecule has 2 fully saturated rings. The van der Waals surface area contributed by atoms with E-state index in [-0.39, 0.29) is 0 Å². The summed E-state index contributed by atoms with van der Waals surface area (Å²) in [7, 11) is 0. The van der Waals surface area contributed by atoms with Crippen LogP contribution in [-0.2, 0) is 14.3 Å². The predicted molar refractivity (Wildman–Crippen MR) is 101 cm³/mol. The summed E-state index contributed by atoms with van der Waals surface area (Å²) < 4.78 is 5.44. The molecule has 2 aliphatic heterocycles. The molecule has 0 bridgehead atoms. The molecule has 1 aromatic carbocycles. The van der Waals surface area contributed by atoms with Gasteiger partial charge in [0.05, 0.1) is 0 Å². The molecule has 0 atom stereocenters. The molecule has 3 rings (SSSR count). The van der Waals surface area contributed by atoms with Crippen LogP contribution in [0.2, 0.25) is 0 Å². The Balaban J connectivity index is 1.38. The first-order valence-corrected chi connectivity index (χ1v) is 9.60. The van der Waals surface area contributed by atoms with Crippen LogP contribution in [0.4, 0.5) is 5.69 Å². The van der Waals surface area contributed by atoms with Crippen molar-refractivity contribution in [3.8, 4) is 0 Å². The van der Waals surface area contributed by atoms with Gasteiger partial charge in [0.25, 0.3) is 0 Å². The second kappa shape index (κ2) is 9.14. The zero-order valence-corrected chi connectivity index (χ0v) is 15.5. The Morgan fingerprint density at radius 2 is 1.77 bits per heavy atom. The van der Waals surface area contributed by atoms with Gasteiger partial charge in [0.1, 0.15) is 0 Å². The molecule has 142 valence electrons. The molecule has 0 aromatic heterocycles. The van der Waals surface area contributed by atoms with Crippen LogP contribution in [0.15, 0.2) is 24.3 Å². The number of rotatable bonds is 4. The van der Waals surface area contributed by atoms with E-state index in [0.29, 0.717) is 24.2 Å². The average molecular weight is 359 g/mol. The fraction of sp³-hybridized carbons (Fsp3) is 0.600. The maximum Gasteiger partial charge on any atom is 0.313 e. The molecule has 2 saturated heterocycles. The largest absolute Gasteiger partial charge is 0.381 e. The van der Waals surface area contributed by atoms with E-state index >= 15 is 0 Å². The molecule has 0 spiro atoms. The van der Waals surface area contributed by atoms with Crippen molar-refractivity contribution in [2.45, 2.75) is 38.6 Å². The highest BCUT2D eigenvalue weighted by Gasteiger charge is 2.27. The minimum absolute atomic E-state index is 0.446. The molecule has 0 radical (unpaired) electrons. The molecule has 26 heavy (non-hydrogen) atoms. The van der Waals surface area contributed by atoms with E-state index < -0.39 is 11.8 Å². The summed E-state index contributed by atoms with van der Waals surface area (Å²) in [4.78, 5) is 26.7. The smallest absolute Gasteiger partial charge is 0.313 e. The van der Waals surface area contributed by atoms with Gasteiger partial charge in [-0.2, -0.15) is 0 Å². The average Bonchev–Trinajstić information content (AvgIpc) is 2.69. The lowest BCUT2D eigenvalue weighted by atomic mass is 9.94. The standard InChI is InChI=1S/C20H29N3O3/c1-15-4-2-3-5-18(15)22-20(25)19(24)21-14-16-6-10-23(11-7-16)17-8-12-26-13-9-17/h2-5,16-17H,6-14H2,1H3,(H,21,24)(H,22,25). The summed E-state index contributed by atoms with van der Waals surface area (Å²) in [6.45, 7) is 6.36. The van der Waals surface area contributed by atoms with Gasteiger partial charge >= 0.3 is 11.8 Å². The second-order valence-electron chi connectivity index (χ2n) is 7.30. The number of amides is 2. The number of carbonyl (C=O) groups is 2. The van der Waals surface area contributed by atoms with Crippen LogP contribution in [0.5, 0.6) is 0 Å². The van der Waals surface area contributed by atoms with E-state index in [9.17, 15) is 9.59 Å². The zero-order chi connectivity index (χ0) is 18.4. The number of aryl methyl sites for hydroxylation is 1. The molecule has 1 aromatic rings. The van der Waals surface area contributed by atoms with E-state index in [2.05, 4.69) is 15.5 Å². The Morgan fingerprint density at radius 3 is 2.46 bits per heavy atom. The summed E-state index contributed by atoms with van der Waals surface area (Å²) in [6, 6.07) is 8.09. The molecule has 0 aliphatic carbocycles. The van der Waals surface area contributed by atoms with Crippen LogP contribution < -0.4 is 10.6 Å². The lowest BCUT2D eigenvalue weighted by Gasteiger charge is -2.39. The zero-order valence-electron chi connectivity index (χ0n) is 15.5. The highest BCUT2D eigenvalue weighted by Crippen LogP contribution is 2.22. The van der Waals surface area contributed by atoms with E-state index in [1.165, 1.54) is 0 Å². The van der Waals surface area contributed by atoms with Crippen LogP contribution in [-0.4, -0.2) is 55.6 Å². The van der Waals surface area contributed by atoms with Gasteiger partial charge in [0, 0.05) is 31.5 Å². The van der Waals surface area contributed by atoms with Crippen molar-refractivity contribution in [3.63, 3.8) is 0 Å². The van der Waals surface area contributed by atoms with Gasteiger partial charge in [-0.05, 0) is 63.2 Å². The maximum atomic E-state index is 12.1. The van der Waals surface area contributed by atoms with Crippen LogP contribution in [0.1, 0.15) is 31.2 Å². The van der Waals surface area contributed by atoms with E-state index in [1.54, 1.807) is 6.07 Å². The number of carbonyl (C=O) groups excluding carboxylic acids is 2. The summed E-state index contributed by atoms with van der Waals surface area (Å²) in [6.07, 6.45) is 4.38. The molecule has 2 amide bonds. The molecule has 2 N–H and O–H groups in total. The van der Waals surface area contributed by atoms with Crippen LogP contribution >= 0.6 is 0 Å². The number of likely N-dealkylation sites (tertiary alicyclic amines) is 1. The Morgan fingerprint density at radius 1 is 1.08 bits per heavy atom. The topological polar surface area (TPSA) is 70.7 Å².